The summed E-state index contributed by atoms with van der Waals surface area (Å²) < 4.78 is 27.4. The van der Waals surface area contributed by atoms with E-state index in [0.29, 0.717) is 27.1 Å². The Kier molecular flexibility index (Phi) is 8.60. The third-order valence-corrected chi connectivity index (χ3v) is 7.18. The lowest BCUT2D eigenvalue weighted by Crippen LogP contribution is -2.17. The highest BCUT2D eigenvalue weighted by Gasteiger charge is 2.12. The van der Waals surface area contributed by atoms with Crippen molar-refractivity contribution in [1.29, 1.82) is 0 Å². The fraction of sp³-hybridized carbons (Fsp3) is 0.0909. The second kappa shape index (κ2) is 12.7. The number of amides is 1. The molecule has 0 bridgehead atoms. The van der Waals surface area contributed by atoms with Gasteiger partial charge in [0.15, 0.2) is 11.5 Å². The van der Waals surface area contributed by atoms with Crippen molar-refractivity contribution >= 4 is 28.1 Å². The van der Waals surface area contributed by atoms with Crippen LogP contribution in [-0.4, -0.2) is 23.8 Å². The number of benzene rings is 4. The number of carbonyl (C=O) groups excluding carboxylic acids is 1. The molecule has 1 aromatic heterocycles. The van der Waals surface area contributed by atoms with Gasteiger partial charge in [0.05, 0.1) is 19.0 Å². The lowest BCUT2D eigenvalue weighted by Gasteiger charge is -2.13. The highest BCUT2D eigenvalue weighted by atomic mass is 79.9. The summed E-state index contributed by atoms with van der Waals surface area (Å²) in [5, 5.41) is 4.13. The monoisotopic (exact) mass is 611 g/mol. The minimum Gasteiger partial charge on any atom is -0.493 e. The molecule has 0 aliphatic carbocycles. The molecule has 0 spiro atoms. The van der Waals surface area contributed by atoms with E-state index in [9.17, 15) is 9.18 Å². The Morgan fingerprint density at radius 3 is 2.39 bits per heavy atom. The van der Waals surface area contributed by atoms with Gasteiger partial charge in [0.2, 0.25) is 0 Å². The van der Waals surface area contributed by atoms with E-state index in [4.69, 9.17) is 9.47 Å². The van der Waals surface area contributed by atoms with E-state index in [1.54, 1.807) is 43.5 Å². The lowest BCUT2D eigenvalue weighted by atomic mass is 10.1. The Morgan fingerprint density at radius 2 is 1.68 bits per heavy atom. The molecule has 5 aromatic rings. The summed E-state index contributed by atoms with van der Waals surface area (Å²) in [4.78, 5) is 12.8. The Labute approximate surface area is 246 Å². The van der Waals surface area contributed by atoms with E-state index >= 15 is 0 Å². The standard InChI is InChI=1S/C33H27BrFN3O3/c1-22-8-17-30(24-6-4-3-5-7-24)38(22)28-15-11-25(12-16-28)33(39)37-36-20-26-18-31(40-2)32(19-29(26)34)41-21-23-9-13-27(35)14-10-23/h3-20H,21H2,1-2H3,(H,37,39)/b36-20+. The van der Waals surface area contributed by atoms with Crippen molar-refractivity contribution in [3.05, 3.63) is 136 Å². The van der Waals surface area contributed by atoms with Gasteiger partial charge in [-0.1, -0.05) is 42.5 Å². The first-order valence-electron chi connectivity index (χ1n) is 12.9. The highest BCUT2D eigenvalue weighted by Crippen LogP contribution is 2.33. The van der Waals surface area contributed by atoms with E-state index in [1.807, 2.05) is 30.3 Å². The second-order valence-corrected chi connectivity index (χ2v) is 10.1. The summed E-state index contributed by atoms with van der Waals surface area (Å²) in [5.41, 5.74) is 8.83. The molecule has 1 heterocycles. The van der Waals surface area contributed by atoms with Crippen LogP contribution in [-0.2, 0) is 6.61 Å². The molecule has 0 atom stereocenters. The van der Waals surface area contributed by atoms with Gasteiger partial charge in [-0.15, -0.1) is 0 Å². The zero-order valence-corrected chi connectivity index (χ0v) is 24.1. The summed E-state index contributed by atoms with van der Waals surface area (Å²) >= 11 is 3.52. The molecule has 0 aliphatic rings. The summed E-state index contributed by atoms with van der Waals surface area (Å²) in [6, 6.07) is 31.4. The Balaban J connectivity index is 1.25. The predicted molar refractivity (Wildman–Crippen MR) is 162 cm³/mol. The van der Waals surface area contributed by atoms with Gasteiger partial charge in [0, 0.05) is 27.0 Å². The number of methoxy groups -OCH3 is 1. The molecule has 0 aliphatic heterocycles. The van der Waals surface area contributed by atoms with Crippen LogP contribution in [0.25, 0.3) is 16.9 Å². The highest BCUT2D eigenvalue weighted by molar-refractivity contribution is 9.10. The smallest absolute Gasteiger partial charge is 0.271 e. The van der Waals surface area contributed by atoms with Gasteiger partial charge in [-0.25, -0.2) is 9.82 Å². The van der Waals surface area contributed by atoms with Gasteiger partial charge in [-0.2, -0.15) is 5.10 Å². The van der Waals surface area contributed by atoms with Crippen LogP contribution in [0, 0.1) is 12.7 Å². The molecule has 0 saturated carbocycles. The third-order valence-electron chi connectivity index (χ3n) is 6.49. The molecular weight excluding hydrogens is 585 g/mol. The number of nitrogens with zero attached hydrogens (tertiary/aromatic N) is 2. The zero-order valence-electron chi connectivity index (χ0n) is 22.5. The number of hydrogen-bond donors (Lipinski definition) is 1. The topological polar surface area (TPSA) is 64.8 Å². The van der Waals surface area contributed by atoms with Gasteiger partial charge in [0.1, 0.15) is 12.4 Å². The quantitative estimate of drug-likeness (QED) is 0.137. The van der Waals surface area contributed by atoms with Crippen molar-refractivity contribution in [2.45, 2.75) is 13.5 Å². The van der Waals surface area contributed by atoms with Crippen molar-refractivity contribution < 1.29 is 18.7 Å². The van der Waals surface area contributed by atoms with Crippen LogP contribution in [0.15, 0.2) is 113 Å². The molecule has 5 rings (SSSR count). The van der Waals surface area contributed by atoms with Crippen LogP contribution in [0.3, 0.4) is 0 Å². The summed E-state index contributed by atoms with van der Waals surface area (Å²) in [5.74, 6) is 0.376. The Morgan fingerprint density at radius 1 is 0.951 bits per heavy atom. The molecule has 6 nitrogen and oxygen atoms in total. The predicted octanol–water partition coefficient (Wildman–Crippen LogP) is 7.71. The van der Waals surface area contributed by atoms with Crippen LogP contribution < -0.4 is 14.9 Å². The number of hydrogen-bond acceptors (Lipinski definition) is 4. The molecule has 0 fully saturated rings. The van der Waals surface area contributed by atoms with Crippen molar-refractivity contribution in [3.63, 3.8) is 0 Å². The Hall–Kier alpha value is -4.69. The SMILES string of the molecule is COc1cc(/C=N/NC(=O)c2ccc(-n3c(C)ccc3-c3ccccc3)cc2)c(Br)cc1OCc1ccc(F)cc1. The molecule has 206 valence electrons. The number of carbonyl (C=O) groups is 1. The molecule has 0 radical (unpaired) electrons. The maximum atomic E-state index is 13.2. The average molecular weight is 612 g/mol. The molecule has 41 heavy (non-hydrogen) atoms. The minimum atomic E-state index is -0.331. The number of ether oxygens (including phenoxy) is 2. The molecule has 0 saturated heterocycles. The van der Waals surface area contributed by atoms with Gasteiger partial charge >= 0.3 is 0 Å². The van der Waals surface area contributed by atoms with Crippen molar-refractivity contribution in [3.8, 4) is 28.4 Å². The maximum Gasteiger partial charge on any atom is 0.271 e. The van der Waals surface area contributed by atoms with Gasteiger partial charge in [-0.3, -0.25) is 4.79 Å². The van der Waals surface area contributed by atoms with E-state index in [0.717, 1.165) is 28.2 Å². The summed E-state index contributed by atoms with van der Waals surface area (Å²) in [6.45, 7) is 2.31. The fourth-order valence-corrected chi connectivity index (χ4v) is 4.79. The first-order valence-corrected chi connectivity index (χ1v) is 13.6. The van der Waals surface area contributed by atoms with Crippen LogP contribution in [0.5, 0.6) is 11.5 Å². The molecule has 8 heteroatoms. The largest absolute Gasteiger partial charge is 0.493 e. The Bertz CT molecular complexity index is 1680. The van der Waals surface area contributed by atoms with Crippen molar-refractivity contribution in [2.24, 2.45) is 5.10 Å². The molecule has 4 aromatic carbocycles. The number of aryl methyl sites for hydroxylation is 1. The third kappa shape index (κ3) is 6.56. The number of aromatic nitrogens is 1. The summed E-state index contributed by atoms with van der Waals surface area (Å²) in [7, 11) is 1.54. The first kappa shape index (κ1) is 27.9. The molecular formula is C33H27BrFN3O3. The molecule has 0 unspecified atom stereocenters. The van der Waals surface area contributed by atoms with Crippen LogP contribution in [0.4, 0.5) is 4.39 Å². The van der Waals surface area contributed by atoms with Crippen molar-refractivity contribution in [2.75, 3.05) is 7.11 Å². The number of halogens is 2. The molecule has 1 N–H and O–H groups in total. The maximum absolute atomic E-state index is 13.2. The normalized spacial score (nSPS) is 11.0. The second-order valence-electron chi connectivity index (χ2n) is 9.25. The number of hydrazone groups is 1. The molecule has 1 amide bonds. The van der Waals surface area contributed by atoms with E-state index in [2.05, 4.69) is 62.2 Å². The van der Waals surface area contributed by atoms with Gasteiger partial charge in [0.25, 0.3) is 5.91 Å². The van der Waals surface area contributed by atoms with Crippen LogP contribution in [0.2, 0.25) is 0 Å². The van der Waals surface area contributed by atoms with E-state index in [-0.39, 0.29) is 18.3 Å². The van der Waals surface area contributed by atoms with Gasteiger partial charge < -0.3 is 14.0 Å². The lowest BCUT2D eigenvalue weighted by molar-refractivity contribution is 0.0955. The first-order chi connectivity index (χ1) is 19.9. The number of rotatable bonds is 9. The summed E-state index contributed by atoms with van der Waals surface area (Å²) in [6.07, 6.45) is 1.53. The van der Waals surface area contributed by atoms with Gasteiger partial charge in [-0.05, 0) is 94.6 Å². The van der Waals surface area contributed by atoms with Crippen LogP contribution in [0.1, 0.15) is 27.2 Å². The number of nitrogens with one attached hydrogen (secondary N) is 1. The van der Waals surface area contributed by atoms with Crippen LogP contribution >= 0.6 is 15.9 Å². The minimum absolute atomic E-state index is 0.253. The fourth-order valence-electron chi connectivity index (χ4n) is 4.37. The van der Waals surface area contributed by atoms with Crippen molar-refractivity contribution in [1.82, 2.24) is 9.99 Å². The zero-order chi connectivity index (χ0) is 28.8. The van der Waals surface area contributed by atoms with E-state index in [1.165, 1.54) is 18.3 Å². The average Bonchev–Trinajstić information content (AvgIpc) is 3.39. The van der Waals surface area contributed by atoms with E-state index < -0.39 is 0 Å².